The first-order valence-electron chi connectivity index (χ1n) is 6.99. The number of hydrogen-bond acceptors (Lipinski definition) is 2. The van der Waals surface area contributed by atoms with E-state index in [-0.39, 0.29) is 11.6 Å². The average molecular weight is 295 g/mol. The zero-order valence-corrected chi connectivity index (χ0v) is 11.2. The highest BCUT2D eigenvalue weighted by Gasteiger charge is 2.40. The van der Waals surface area contributed by atoms with Crippen molar-refractivity contribution in [2.45, 2.75) is 31.7 Å². The van der Waals surface area contributed by atoms with Crippen molar-refractivity contribution in [2.24, 2.45) is 11.8 Å². The van der Waals surface area contributed by atoms with Gasteiger partial charge in [0.2, 0.25) is 0 Å². The molecule has 0 saturated heterocycles. The molecule has 1 aromatic carbocycles. The Bertz CT molecular complexity index is 617. The van der Waals surface area contributed by atoms with E-state index in [4.69, 9.17) is 5.11 Å². The lowest BCUT2D eigenvalue weighted by Crippen LogP contribution is -2.39. The van der Waals surface area contributed by atoms with Crippen molar-refractivity contribution in [1.82, 2.24) is 5.32 Å². The maximum absolute atomic E-state index is 13.3. The van der Waals surface area contributed by atoms with Crippen LogP contribution in [0.5, 0.6) is 0 Å². The Balaban J connectivity index is 1.84. The number of rotatable bonds is 3. The van der Waals surface area contributed by atoms with Crippen LogP contribution in [0.2, 0.25) is 0 Å². The molecule has 2 bridgehead atoms. The number of amides is 1. The van der Waals surface area contributed by atoms with E-state index in [9.17, 15) is 18.4 Å². The van der Waals surface area contributed by atoms with Crippen molar-refractivity contribution < 1.29 is 23.5 Å². The smallest absolute Gasteiger partial charge is 0.336 e. The summed E-state index contributed by atoms with van der Waals surface area (Å²) >= 11 is 0. The van der Waals surface area contributed by atoms with Crippen molar-refractivity contribution in [1.29, 1.82) is 0 Å². The minimum Gasteiger partial charge on any atom is -0.478 e. The zero-order chi connectivity index (χ0) is 15.1. The first-order chi connectivity index (χ1) is 9.95. The Morgan fingerprint density at radius 3 is 2.29 bits per heavy atom. The molecule has 3 atom stereocenters. The van der Waals surface area contributed by atoms with Crippen LogP contribution >= 0.6 is 0 Å². The first kappa shape index (κ1) is 14.0. The molecule has 1 aromatic rings. The largest absolute Gasteiger partial charge is 0.478 e. The van der Waals surface area contributed by atoms with E-state index in [1.54, 1.807) is 0 Å². The van der Waals surface area contributed by atoms with E-state index in [2.05, 4.69) is 5.32 Å². The second-order valence-corrected chi connectivity index (χ2v) is 5.87. The fourth-order valence-corrected chi connectivity index (χ4v) is 3.58. The molecule has 4 nitrogen and oxygen atoms in total. The summed E-state index contributed by atoms with van der Waals surface area (Å²) in [5.41, 5.74) is -0.848. The van der Waals surface area contributed by atoms with Crippen LogP contribution in [-0.4, -0.2) is 23.0 Å². The lowest BCUT2D eigenvalue weighted by molar-refractivity contribution is 0.0689. The van der Waals surface area contributed by atoms with E-state index in [1.165, 1.54) is 6.42 Å². The molecule has 2 saturated carbocycles. The third-order valence-electron chi connectivity index (χ3n) is 4.59. The van der Waals surface area contributed by atoms with E-state index < -0.39 is 29.1 Å². The molecule has 21 heavy (non-hydrogen) atoms. The van der Waals surface area contributed by atoms with Crippen LogP contribution in [0.1, 0.15) is 46.4 Å². The minimum atomic E-state index is -1.45. The normalized spacial score (nSPS) is 26.9. The van der Waals surface area contributed by atoms with Crippen LogP contribution < -0.4 is 5.32 Å². The highest BCUT2D eigenvalue weighted by molar-refractivity contribution is 6.04. The summed E-state index contributed by atoms with van der Waals surface area (Å²) in [6.07, 6.45) is 4.18. The van der Waals surface area contributed by atoms with Crippen LogP contribution in [0, 0.1) is 23.5 Å². The number of carboxylic acids is 1. The molecule has 2 N–H and O–H groups in total. The van der Waals surface area contributed by atoms with Crippen LogP contribution in [-0.2, 0) is 0 Å². The molecule has 1 amide bonds. The molecule has 0 aliphatic heterocycles. The number of hydrogen-bond donors (Lipinski definition) is 2. The molecule has 0 radical (unpaired) electrons. The lowest BCUT2D eigenvalue weighted by atomic mass is 9.95. The number of fused-ring (bicyclic) bond motifs is 2. The molecule has 112 valence electrons. The topological polar surface area (TPSA) is 66.4 Å². The van der Waals surface area contributed by atoms with Crippen LogP contribution in [0.15, 0.2) is 12.1 Å². The quantitative estimate of drug-likeness (QED) is 0.900. The number of carbonyl (C=O) groups excluding carboxylic acids is 1. The predicted molar refractivity (Wildman–Crippen MR) is 70.0 cm³/mol. The Morgan fingerprint density at radius 2 is 1.76 bits per heavy atom. The predicted octanol–water partition coefficient (Wildman–Crippen LogP) is 2.58. The minimum absolute atomic E-state index is 0.00556. The Morgan fingerprint density at radius 1 is 1.10 bits per heavy atom. The number of nitrogens with one attached hydrogen (secondary N) is 1. The zero-order valence-electron chi connectivity index (χ0n) is 11.2. The van der Waals surface area contributed by atoms with Crippen molar-refractivity contribution >= 4 is 11.9 Å². The number of halogens is 2. The van der Waals surface area contributed by atoms with Gasteiger partial charge in [-0.3, -0.25) is 4.79 Å². The van der Waals surface area contributed by atoms with Crippen molar-refractivity contribution in [3.05, 3.63) is 34.9 Å². The van der Waals surface area contributed by atoms with Crippen molar-refractivity contribution in [3.8, 4) is 0 Å². The molecule has 0 heterocycles. The number of carbonyl (C=O) groups is 2. The number of carboxylic acid groups (broad SMARTS) is 1. The number of benzene rings is 1. The maximum Gasteiger partial charge on any atom is 0.336 e. The second kappa shape index (κ2) is 5.09. The molecule has 3 unspecified atom stereocenters. The van der Waals surface area contributed by atoms with Crippen molar-refractivity contribution in [2.75, 3.05) is 0 Å². The molecule has 2 aliphatic rings. The third kappa shape index (κ3) is 2.50. The summed E-state index contributed by atoms with van der Waals surface area (Å²) in [6.45, 7) is 0. The van der Waals surface area contributed by atoms with Gasteiger partial charge in [0.15, 0.2) is 11.6 Å². The summed E-state index contributed by atoms with van der Waals surface area (Å²) in [5, 5.41) is 11.8. The summed E-state index contributed by atoms with van der Waals surface area (Å²) in [4.78, 5) is 23.3. The van der Waals surface area contributed by atoms with Gasteiger partial charge in [-0.25, -0.2) is 13.6 Å². The lowest BCUT2D eigenvalue weighted by Gasteiger charge is -2.23. The van der Waals surface area contributed by atoms with Gasteiger partial charge in [0, 0.05) is 6.04 Å². The van der Waals surface area contributed by atoms with E-state index in [1.807, 2.05) is 0 Å². The molecule has 0 spiro atoms. The van der Waals surface area contributed by atoms with E-state index in [0.29, 0.717) is 24.0 Å². The summed E-state index contributed by atoms with van der Waals surface area (Å²) < 4.78 is 26.4. The van der Waals surface area contributed by atoms with Gasteiger partial charge < -0.3 is 10.4 Å². The highest BCUT2D eigenvalue weighted by atomic mass is 19.2. The van der Waals surface area contributed by atoms with Gasteiger partial charge in [0.25, 0.3) is 5.91 Å². The van der Waals surface area contributed by atoms with E-state index >= 15 is 0 Å². The standard InChI is InChI=1S/C15H15F2NO3/c16-11-5-9(10(15(20)21)6-12(11)17)14(19)18-13-4-7-1-2-8(13)3-7/h5-8,13H,1-4H2,(H,18,19)(H,20,21). The number of aromatic carboxylic acids is 1. The second-order valence-electron chi connectivity index (χ2n) is 5.87. The van der Waals surface area contributed by atoms with Gasteiger partial charge in [-0.1, -0.05) is 6.42 Å². The van der Waals surface area contributed by atoms with Gasteiger partial charge in [-0.05, 0) is 43.2 Å². The summed E-state index contributed by atoms with van der Waals surface area (Å²) in [7, 11) is 0. The fraction of sp³-hybridized carbons (Fsp3) is 0.467. The monoisotopic (exact) mass is 295 g/mol. The first-order valence-corrected chi connectivity index (χ1v) is 6.99. The molecule has 6 heteroatoms. The maximum atomic E-state index is 13.3. The van der Waals surface area contributed by atoms with Crippen molar-refractivity contribution in [3.63, 3.8) is 0 Å². The van der Waals surface area contributed by atoms with Crippen LogP contribution in [0.4, 0.5) is 8.78 Å². The average Bonchev–Trinajstić information content (AvgIpc) is 3.03. The Hall–Kier alpha value is -1.98. The molecular weight excluding hydrogens is 280 g/mol. The molecule has 2 fully saturated rings. The van der Waals surface area contributed by atoms with Crippen LogP contribution in [0.25, 0.3) is 0 Å². The molecule has 3 rings (SSSR count). The van der Waals surface area contributed by atoms with Gasteiger partial charge in [0.05, 0.1) is 11.1 Å². The van der Waals surface area contributed by atoms with E-state index in [0.717, 1.165) is 19.3 Å². The van der Waals surface area contributed by atoms with Gasteiger partial charge in [-0.15, -0.1) is 0 Å². The molecule has 2 aliphatic carbocycles. The SMILES string of the molecule is O=C(O)c1cc(F)c(F)cc1C(=O)NC1CC2CCC1C2. The van der Waals surface area contributed by atoms with Crippen LogP contribution in [0.3, 0.4) is 0 Å². The van der Waals surface area contributed by atoms with Gasteiger partial charge in [0.1, 0.15) is 0 Å². The highest BCUT2D eigenvalue weighted by Crippen LogP contribution is 2.44. The Kier molecular flexibility index (Phi) is 3.39. The summed E-state index contributed by atoms with van der Waals surface area (Å²) in [5.74, 6) is -3.57. The molecule has 0 aromatic heterocycles. The fourth-order valence-electron chi connectivity index (χ4n) is 3.58. The summed E-state index contributed by atoms with van der Waals surface area (Å²) in [6, 6.07) is 1.21. The van der Waals surface area contributed by atoms with Gasteiger partial charge >= 0.3 is 5.97 Å². The van der Waals surface area contributed by atoms with Gasteiger partial charge in [-0.2, -0.15) is 0 Å². The third-order valence-corrected chi connectivity index (χ3v) is 4.59. The Labute approximate surface area is 120 Å². The molecular formula is C15H15F2NO3.